The molecule has 1 aromatic heterocycles. The summed E-state index contributed by atoms with van der Waals surface area (Å²) in [5.74, 6) is 0.416. The van der Waals surface area contributed by atoms with Gasteiger partial charge < -0.3 is 14.8 Å². The van der Waals surface area contributed by atoms with Crippen LogP contribution < -0.4 is 14.8 Å². The number of carbonyl (C=O) groups excluding carboxylic acids is 1. The van der Waals surface area contributed by atoms with Crippen molar-refractivity contribution in [1.29, 1.82) is 0 Å². The molecule has 35 heavy (non-hydrogen) atoms. The molecule has 0 spiro atoms. The van der Waals surface area contributed by atoms with Gasteiger partial charge in [0.15, 0.2) is 28.7 Å². The van der Waals surface area contributed by atoms with Crippen LogP contribution in [-0.4, -0.2) is 33.5 Å². The number of methoxy groups -OCH3 is 1. The maximum atomic E-state index is 14.1. The van der Waals surface area contributed by atoms with E-state index in [1.165, 1.54) is 24.9 Å². The van der Waals surface area contributed by atoms with Crippen molar-refractivity contribution in [3.63, 3.8) is 0 Å². The van der Waals surface area contributed by atoms with Gasteiger partial charge in [-0.1, -0.05) is 53.7 Å². The molecule has 10 heteroatoms. The predicted molar refractivity (Wildman–Crippen MR) is 134 cm³/mol. The van der Waals surface area contributed by atoms with Crippen molar-refractivity contribution < 1.29 is 18.7 Å². The first-order valence-corrected chi connectivity index (χ1v) is 12.0. The van der Waals surface area contributed by atoms with Gasteiger partial charge >= 0.3 is 0 Å². The van der Waals surface area contributed by atoms with Crippen LogP contribution in [0.2, 0.25) is 5.02 Å². The summed E-state index contributed by atoms with van der Waals surface area (Å²) in [6, 6.07) is 20.6. The van der Waals surface area contributed by atoms with E-state index in [1.54, 1.807) is 47.9 Å². The lowest BCUT2D eigenvalue weighted by atomic mass is 10.3. The summed E-state index contributed by atoms with van der Waals surface area (Å²) >= 11 is 7.26. The lowest BCUT2D eigenvalue weighted by molar-refractivity contribution is -0.113. The van der Waals surface area contributed by atoms with Gasteiger partial charge in [0.2, 0.25) is 5.91 Å². The minimum absolute atomic E-state index is 0.0587. The molecule has 0 aliphatic rings. The molecule has 1 amide bonds. The zero-order chi connectivity index (χ0) is 24.8. The third kappa shape index (κ3) is 5.93. The summed E-state index contributed by atoms with van der Waals surface area (Å²) in [6.07, 6.45) is -0.612. The van der Waals surface area contributed by atoms with Gasteiger partial charge in [0.25, 0.3) is 0 Å². The summed E-state index contributed by atoms with van der Waals surface area (Å²) < 4.78 is 27.0. The third-order valence-electron chi connectivity index (χ3n) is 4.94. The van der Waals surface area contributed by atoms with Crippen LogP contribution >= 0.6 is 23.4 Å². The Kier molecular flexibility index (Phi) is 7.89. The van der Waals surface area contributed by atoms with E-state index in [2.05, 4.69) is 15.5 Å². The maximum Gasteiger partial charge on any atom is 0.234 e. The highest BCUT2D eigenvalue weighted by atomic mass is 35.5. The first-order chi connectivity index (χ1) is 17.0. The van der Waals surface area contributed by atoms with Crippen molar-refractivity contribution in [2.24, 2.45) is 0 Å². The molecule has 1 atom stereocenters. The van der Waals surface area contributed by atoms with Gasteiger partial charge in [0.1, 0.15) is 5.75 Å². The van der Waals surface area contributed by atoms with Crippen molar-refractivity contribution in [1.82, 2.24) is 14.8 Å². The Morgan fingerprint density at radius 2 is 1.83 bits per heavy atom. The fraction of sp³-hybridized carbons (Fsp3) is 0.160. The Balaban J connectivity index is 1.55. The molecule has 0 radical (unpaired) electrons. The molecule has 3 aromatic carbocycles. The van der Waals surface area contributed by atoms with Crippen LogP contribution in [0.15, 0.2) is 78.0 Å². The van der Waals surface area contributed by atoms with E-state index in [4.69, 9.17) is 21.1 Å². The fourth-order valence-electron chi connectivity index (χ4n) is 3.34. The Morgan fingerprint density at radius 3 is 2.57 bits per heavy atom. The van der Waals surface area contributed by atoms with Crippen LogP contribution in [0.1, 0.15) is 18.9 Å². The minimum Gasteiger partial charge on any atom is -0.495 e. The van der Waals surface area contributed by atoms with Crippen LogP contribution in [0, 0.1) is 5.82 Å². The molecule has 7 nitrogen and oxygen atoms in total. The molecule has 1 N–H and O–H groups in total. The number of thioether (sulfide) groups is 1. The number of amides is 1. The molecule has 0 aliphatic carbocycles. The van der Waals surface area contributed by atoms with E-state index in [-0.39, 0.29) is 17.4 Å². The maximum absolute atomic E-state index is 14.1. The molecular weight excluding hydrogens is 491 g/mol. The molecule has 4 aromatic rings. The number of hydrogen-bond acceptors (Lipinski definition) is 6. The molecule has 1 heterocycles. The summed E-state index contributed by atoms with van der Waals surface area (Å²) in [5, 5.41) is 12.3. The first kappa shape index (κ1) is 24.6. The van der Waals surface area contributed by atoms with Crippen LogP contribution in [0.25, 0.3) is 5.69 Å². The second-order valence-corrected chi connectivity index (χ2v) is 8.76. The Labute approximate surface area is 211 Å². The van der Waals surface area contributed by atoms with Crippen molar-refractivity contribution in [2.75, 3.05) is 18.2 Å². The van der Waals surface area contributed by atoms with Gasteiger partial charge in [-0.05, 0) is 49.4 Å². The van der Waals surface area contributed by atoms with E-state index in [9.17, 15) is 9.18 Å². The van der Waals surface area contributed by atoms with Gasteiger partial charge in [0, 0.05) is 10.7 Å². The van der Waals surface area contributed by atoms with Gasteiger partial charge in [0.05, 0.1) is 18.6 Å². The monoisotopic (exact) mass is 512 g/mol. The summed E-state index contributed by atoms with van der Waals surface area (Å²) in [5.41, 5.74) is 1.26. The molecule has 0 fully saturated rings. The quantitative estimate of drug-likeness (QED) is 0.280. The number of nitrogens with zero attached hydrogens (tertiary/aromatic N) is 3. The molecule has 0 aliphatic heterocycles. The second kappa shape index (κ2) is 11.2. The number of carbonyl (C=O) groups is 1. The highest BCUT2D eigenvalue weighted by Gasteiger charge is 2.22. The van der Waals surface area contributed by atoms with Gasteiger partial charge in [-0.2, -0.15) is 0 Å². The van der Waals surface area contributed by atoms with E-state index in [1.807, 2.05) is 30.3 Å². The molecular formula is C25H22ClFN4O3S. The molecule has 180 valence electrons. The van der Waals surface area contributed by atoms with Crippen LogP contribution in [-0.2, 0) is 4.79 Å². The number of benzene rings is 3. The van der Waals surface area contributed by atoms with Crippen LogP contribution in [0.5, 0.6) is 11.5 Å². The zero-order valence-electron chi connectivity index (χ0n) is 18.9. The fourth-order valence-corrected chi connectivity index (χ4v) is 4.27. The number of aromatic nitrogens is 3. The number of halogens is 2. The normalized spacial score (nSPS) is 11.7. The third-order valence-corrected chi connectivity index (χ3v) is 6.11. The Bertz CT molecular complexity index is 1320. The van der Waals surface area contributed by atoms with Gasteiger partial charge in [-0.3, -0.25) is 9.36 Å². The molecule has 0 saturated carbocycles. The number of para-hydroxylation sites is 2. The van der Waals surface area contributed by atoms with Crippen LogP contribution in [0.4, 0.5) is 10.1 Å². The minimum atomic E-state index is -0.612. The smallest absolute Gasteiger partial charge is 0.234 e. The molecule has 1 unspecified atom stereocenters. The van der Waals surface area contributed by atoms with Gasteiger partial charge in [-0.25, -0.2) is 4.39 Å². The lowest BCUT2D eigenvalue weighted by Crippen LogP contribution is -2.16. The highest BCUT2D eigenvalue weighted by Crippen LogP contribution is 2.30. The highest BCUT2D eigenvalue weighted by molar-refractivity contribution is 7.99. The molecule has 0 bridgehead atoms. The van der Waals surface area contributed by atoms with Gasteiger partial charge in [-0.15, -0.1) is 10.2 Å². The number of anilines is 1. The van der Waals surface area contributed by atoms with Crippen molar-refractivity contribution in [3.05, 3.63) is 89.5 Å². The Hall–Kier alpha value is -3.56. The van der Waals surface area contributed by atoms with Crippen LogP contribution in [0.3, 0.4) is 0 Å². The number of nitrogens with one attached hydrogen (secondary N) is 1. The van der Waals surface area contributed by atoms with E-state index >= 15 is 0 Å². The number of hydrogen-bond donors (Lipinski definition) is 1. The lowest BCUT2D eigenvalue weighted by Gasteiger charge is -2.17. The SMILES string of the molecule is COc1ccc(Cl)cc1NC(=O)CSc1nnc(C(C)Oc2ccccc2F)n1-c1ccccc1. The zero-order valence-corrected chi connectivity index (χ0v) is 20.5. The summed E-state index contributed by atoms with van der Waals surface area (Å²) in [6.45, 7) is 1.77. The van der Waals surface area contributed by atoms with E-state index in [0.717, 1.165) is 5.69 Å². The Morgan fingerprint density at radius 1 is 1.09 bits per heavy atom. The number of rotatable bonds is 9. The predicted octanol–water partition coefficient (Wildman–Crippen LogP) is 5.94. The molecule has 0 saturated heterocycles. The first-order valence-electron chi connectivity index (χ1n) is 10.6. The van der Waals surface area contributed by atoms with Crippen molar-refractivity contribution in [3.8, 4) is 17.2 Å². The van der Waals surface area contributed by atoms with E-state index in [0.29, 0.717) is 27.4 Å². The molecule has 4 rings (SSSR count). The number of ether oxygens (including phenoxy) is 2. The van der Waals surface area contributed by atoms with E-state index < -0.39 is 11.9 Å². The van der Waals surface area contributed by atoms with Crippen molar-refractivity contribution >= 4 is 35.0 Å². The average Bonchev–Trinajstić information content (AvgIpc) is 3.29. The topological polar surface area (TPSA) is 78.3 Å². The largest absolute Gasteiger partial charge is 0.495 e. The summed E-state index contributed by atoms with van der Waals surface area (Å²) in [7, 11) is 1.52. The second-order valence-electron chi connectivity index (χ2n) is 7.38. The standard InChI is InChI=1S/C25H22ClFN4O3S/c1-16(34-21-11-7-6-10-19(21)27)24-29-30-25(31(24)18-8-4-3-5-9-18)35-15-23(32)28-20-14-17(26)12-13-22(20)33-2/h3-14,16H,15H2,1-2H3,(H,28,32). The summed E-state index contributed by atoms with van der Waals surface area (Å²) in [4.78, 5) is 12.7. The average molecular weight is 513 g/mol. The van der Waals surface area contributed by atoms with Crippen molar-refractivity contribution in [2.45, 2.75) is 18.2 Å².